The van der Waals surface area contributed by atoms with Gasteiger partial charge in [0, 0.05) is 5.56 Å². The molecule has 0 saturated heterocycles. The zero-order valence-corrected chi connectivity index (χ0v) is 20.6. The molecule has 0 nitrogen and oxygen atoms in total. The fourth-order valence-corrected chi connectivity index (χ4v) is 4.19. The van der Waals surface area contributed by atoms with Gasteiger partial charge in [0.15, 0.2) is 0 Å². The molecule has 0 unspecified atom stereocenters. The lowest BCUT2D eigenvalue weighted by molar-refractivity contribution is 0.204. The molecule has 4 rings (SSSR count). The van der Waals surface area contributed by atoms with Crippen molar-refractivity contribution in [3.63, 3.8) is 0 Å². The Morgan fingerprint density at radius 1 is 0.649 bits per heavy atom. The van der Waals surface area contributed by atoms with Gasteiger partial charge < -0.3 is 0 Å². The standard InChI is InChI=1S/C33H28F4/c1-2-4-23-9-13-26(14-10-23)28-17-19-29(20-18-28)27-15-11-24(12-16-27)7-8-25-21-31(34)30(32(35)22-25)5-3-6-33(36)37/h3,6-22,33H,2,4-5H2,1H3/b6-3+,8-7+. The summed E-state index contributed by atoms with van der Waals surface area (Å²) in [7, 11) is 0. The Morgan fingerprint density at radius 2 is 1.11 bits per heavy atom. The molecule has 0 bridgehead atoms. The molecule has 0 atom stereocenters. The Morgan fingerprint density at radius 3 is 1.59 bits per heavy atom. The average Bonchev–Trinajstić information content (AvgIpc) is 2.90. The Kier molecular flexibility index (Phi) is 8.73. The number of hydrogen-bond donors (Lipinski definition) is 0. The third-order valence-corrected chi connectivity index (χ3v) is 6.19. The number of halogens is 4. The van der Waals surface area contributed by atoms with Crippen molar-refractivity contribution in [1.82, 2.24) is 0 Å². The number of aryl methyl sites for hydroxylation is 1. The van der Waals surface area contributed by atoms with E-state index in [4.69, 9.17) is 0 Å². The minimum absolute atomic E-state index is 0.223. The van der Waals surface area contributed by atoms with Crippen LogP contribution in [0.2, 0.25) is 0 Å². The Labute approximate surface area is 215 Å². The number of benzene rings is 4. The Bertz CT molecular complexity index is 1340. The second-order valence-electron chi connectivity index (χ2n) is 8.91. The van der Waals surface area contributed by atoms with Gasteiger partial charge >= 0.3 is 0 Å². The smallest absolute Gasteiger partial charge is 0.207 e. The molecule has 4 aromatic carbocycles. The summed E-state index contributed by atoms with van der Waals surface area (Å²) in [6, 6.07) is 27.5. The van der Waals surface area contributed by atoms with E-state index in [9.17, 15) is 17.6 Å². The van der Waals surface area contributed by atoms with Crippen LogP contribution >= 0.6 is 0 Å². The molecule has 0 spiro atoms. The molecule has 0 aliphatic heterocycles. The lowest BCUT2D eigenvalue weighted by Gasteiger charge is -2.07. The second kappa shape index (κ2) is 12.4. The zero-order chi connectivity index (χ0) is 26.2. The Hall–Kier alpha value is -3.92. The predicted octanol–water partition coefficient (Wildman–Crippen LogP) is 9.79. The first-order valence-electron chi connectivity index (χ1n) is 12.3. The minimum Gasteiger partial charge on any atom is -0.207 e. The molecule has 0 aromatic heterocycles. The van der Waals surface area contributed by atoms with Crippen LogP contribution in [0, 0.1) is 11.6 Å². The van der Waals surface area contributed by atoms with E-state index < -0.39 is 18.1 Å². The van der Waals surface area contributed by atoms with Gasteiger partial charge in [-0.25, -0.2) is 17.6 Å². The topological polar surface area (TPSA) is 0 Å². The molecule has 0 fully saturated rings. The van der Waals surface area contributed by atoms with E-state index in [-0.39, 0.29) is 12.0 Å². The van der Waals surface area contributed by atoms with E-state index in [0.29, 0.717) is 11.6 Å². The predicted molar refractivity (Wildman–Crippen MR) is 145 cm³/mol. The van der Waals surface area contributed by atoms with Crippen LogP contribution in [0.15, 0.2) is 97.1 Å². The van der Waals surface area contributed by atoms with E-state index in [0.717, 1.165) is 35.6 Å². The van der Waals surface area contributed by atoms with Crippen molar-refractivity contribution in [2.24, 2.45) is 0 Å². The van der Waals surface area contributed by atoms with Gasteiger partial charge in [0.2, 0.25) is 0 Å². The maximum Gasteiger partial charge on any atom is 0.257 e. The molecule has 37 heavy (non-hydrogen) atoms. The molecular weight excluding hydrogens is 472 g/mol. The lowest BCUT2D eigenvalue weighted by Crippen LogP contribution is -1.96. The number of allylic oxidation sites excluding steroid dienone is 2. The van der Waals surface area contributed by atoms with Crippen LogP contribution in [0.25, 0.3) is 34.4 Å². The van der Waals surface area contributed by atoms with Gasteiger partial charge in [-0.05, 0) is 70.0 Å². The average molecular weight is 501 g/mol. The number of hydrogen-bond acceptors (Lipinski definition) is 0. The summed E-state index contributed by atoms with van der Waals surface area (Å²) in [5, 5.41) is 0. The fraction of sp³-hybridized carbons (Fsp3) is 0.152. The molecular formula is C33H28F4. The summed E-state index contributed by atoms with van der Waals surface area (Å²) in [5.41, 5.74) is 6.90. The molecule has 4 aromatic rings. The molecule has 4 heteroatoms. The minimum atomic E-state index is -2.65. The SMILES string of the molecule is CCCc1ccc(-c2ccc(-c3ccc(/C=C/c4cc(F)c(C/C=C/C(F)F)c(F)c4)cc3)cc2)cc1. The van der Waals surface area contributed by atoms with Crippen molar-refractivity contribution < 1.29 is 17.6 Å². The highest BCUT2D eigenvalue weighted by Crippen LogP contribution is 2.26. The first-order valence-corrected chi connectivity index (χ1v) is 12.3. The van der Waals surface area contributed by atoms with Crippen molar-refractivity contribution in [2.45, 2.75) is 32.6 Å². The largest absolute Gasteiger partial charge is 0.257 e. The molecule has 0 N–H and O–H groups in total. The van der Waals surface area contributed by atoms with E-state index in [1.165, 1.54) is 28.8 Å². The normalized spacial score (nSPS) is 11.7. The van der Waals surface area contributed by atoms with Crippen LogP contribution in [-0.4, -0.2) is 6.43 Å². The molecule has 188 valence electrons. The first-order chi connectivity index (χ1) is 17.9. The van der Waals surface area contributed by atoms with Crippen LogP contribution < -0.4 is 0 Å². The van der Waals surface area contributed by atoms with Crippen molar-refractivity contribution >= 4 is 12.2 Å². The molecule has 0 aliphatic rings. The third kappa shape index (κ3) is 7.07. The maximum absolute atomic E-state index is 14.3. The van der Waals surface area contributed by atoms with E-state index >= 15 is 0 Å². The van der Waals surface area contributed by atoms with E-state index in [1.54, 1.807) is 12.2 Å². The highest BCUT2D eigenvalue weighted by Gasteiger charge is 2.09. The van der Waals surface area contributed by atoms with E-state index in [1.807, 2.05) is 24.3 Å². The second-order valence-corrected chi connectivity index (χ2v) is 8.91. The van der Waals surface area contributed by atoms with Gasteiger partial charge in [0.1, 0.15) is 11.6 Å². The molecule has 0 amide bonds. The van der Waals surface area contributed by atoms with Gasteiger partial charge in [-0.15, -0.1) is 0 Å². The van der Waals surface area contributed by atoms with Crippen LogP contribution in [0.3, 0.4) is 0 Å². The highest BCUT2D eigenvalue weighted by molar-refractivity contribution is 5.74. The Balaban J connectivity index is 1.42. The van der Waals surface area contributed by atoms with Gasteiger partial charge in [-0.2, -0.15) is 0 Å². The summed E-state index contributed by atoms with van der Waals surface area (Å²) in [6.45, 7) is 2.18. The van der Waals surface area contributed by atoms with Gasteiger partial charge in [0.05, 0.1) is 0 Å². The zero-order valence-electron chi connectivity index (χ0n) is 20.6. The molecule has 0 aliphatic carbocycles. The van der Waals surface area contributed by atoms with Crippen LogP contribution in [-0.2, 0) is 12.8 Å². The van der Waals surface area contributed by atoms with Gasteiger partial charge in [-0.1, -0.05) is 104 Å². The maximum atomic E-state index is 14.3. The van der Waals surface area contributed by atoms with Crippen LogP contribution in [0.1, 0.15) is 35.6 Å². The van der Waals surface area contributed by atoms with Crippen molar-refractivity contribution in [3.8, 4) is 22.3 Å². The highest BCUT2D eigenvalue weighted by atomic mass is 19.3. The van der Waals surface area contributed by atoms with Gasteiger partial charge in [0.25, 0.3) is 6.43 Å². The van der Waals surface area contributed by atoms with Crippen LogP contribution in [0.4, 0.5) is 17.6 Å². The van der Waals surface area contributed by atoms with Crippen molar-refractivity contribution in [2.75, 3.05) is 0 Å². The molecule has 0 heterocycles. The van der Waals surface area contributed by atoms with E-state index in [2.05, 4.69) is 55.5 Å². The summed E-state index contributed by atoms with van der Waals surface area (Å²) >= 11 is 0. The first kappa shape index (κ1) is 26.2. The lowest BCUT2D eigenvalue weighted by atomic mass is 9.98. The van der Waals surface area contributed by atoms with Crippen molar-refractivity contribution in [3.05, 3.63) is 131 Å². The summed E-state index contributed by atoms with van der Waals surface area (Å²) < 4.78 is 53.0. The summed E-state index contributed by atoms with van der Waals surface area (Å²) in [4.78, 5) is 0. The third-order valence-electron chi connectivity index (χ3n) is 6.19. The molecule has 0 saturated carbocycles. The fourth-order valence-electron chi connectivity index (χ4n) is 4.19. The summed E-state index contributed by atoms with van der Waals surface area (Å²) in [5.74, 6) is -1.51. The number of rotatable bonds is 9. The monoisotopic (exact) mass is 500 g/mol. The van der Waals surface area contributed by atoms with Gasteiger partial charge in [-0.3, -0.25) is 0 Å². The number of alkyl halides is 2. The van der Waals surface area contributed by atoms with Crippen LogP contribution in [0.5, 0.6) is 0 Å². The quantitative estimate of drug-likeness (QED) is 0.122. The summed E-state index contributed by atoms with van der Waals surface area (Å²) in [6.07, 6.45) is 4.46. The molecule has 0 radical (unpaired) electrons. The van der Waals surface area contributed by atoms with Crippen molar-refractivity contribution in [1.29, 1.82) is 0 Å².